The van der Waals surface area contributed by atoms with E-state index < -0.39 is 11.8 Å². The Labute approximate surface area is 152 Å². The van der Waals surface area contributed by atoms with Gasteiger partial charge < -0.3 is 10.2 Å². The molecule has 1 saturated heterocycles. The maximum atomic E-state index is 12.5. The van der Waals surface area contributed by atoms with Gasteiger partial charge in [0.25, 0.3) is 11.8 Å². The Bertz CT molecular complexity index is 877. The first kappa shape index (κ1) is 17.0. The summed E-state index contributed by atoms with van der Waals surface area (Å²) in [6, 6.07) is 12.0. The van der Waals surface area contributed by atoms with Crippen LogP contribution in [0.25, 0.3) is 6.08 Å². The molecule has 0 radical (unpaired) electrons. The lowest BCUT2D eigenvalue weighted by Gasteiger charge is -2.15. The molecule has 0 spiro atoms. The molecule has 1 aliphatic rings. The molecular formula is C17H12N2O4S2. The van der Waals surface area contributed by atoms with Gasteiger partial charge >= 0.3 is 0 Å². The molecule has 0 atom stereocenters. The average Bonchev–Trinajstić information content (AvgIpc) is 2.85. The van der Waals surface area contributed by atoms with E-state index in [0.29, 0.717) is 4.91 Å². The molecule has 25 heavy (non-hydrogen) atoms. The van der Waals surface area contributed by atoms with E-state index in [1.165, 1.54) is 36.4 Å². The van der Waals surface area contributed by atoms with E-state index in [2.05, 4.69) is 5.43 Å². The van der Waals surface area contributed by atoms with Crippen molar-refractivity contribution in [3.05, 3.63) is 64.6 Å². The number of phenolic OH excluding ortho intramolecular Hbond substituents is 2. The van der Waals surface area contributed by atoms with Gasteiger partial charge in [0.2, 0.25) is 0 Å². The van der Waals surface area contributed by atoms with Gasteiger partial charge in [-0.25, -0.2) is 0 Å². The highest BCUT2D eigenvalue weighted by molar-refractivity contribution is 8.26. The Morgan fingerprint density at radius 3 is 2.20 bits per heavy atom. The minimum absolute atomic E-state index is 0.0407. The predicted molar refractivity (Wildman–Crippen MR) is 98.7 cm³/mol. The topological polar surface area (TPSA) is 89.9 Å². The van der Waals surface area contributed by atoms with Gasteiger partial charge in [-0.2, -0.15) is 5.01 Å². The molecule has 1 heterocycles. The summed E-state index contributed by atoms with van der Waals surface area (Å²) in [5.41, 5.74) is 3.47. The number of phenols is 2. The van der Waals surface area contributed by atoms with Crippen molar-refractivity contribution >= 4 is 46.2 Å². The van der Waals surface area contributed by atoms with Crippen molar-refractivity contribution in [2.75, 3.05) is 0 Å². The van der Waals surface area contributed by atoms with Gasteiger partial charge in [-0.1, -0.05) is 23.9 Å². The highest BCUT2D eigenvalue weighted by Gasteiger charge is 2.33. The zero-order chi connectivity index (χ0) is 18.0. The second kappa shape index (κ2) is 6.96. The van der Waals surface area contributed by atoms with Crippen LogP contribution < -0.4 is 5.43 Å². The van der Waals surface area contributed by atoms with E-state index >= 15 is 0 Å². The minimum Gasteiger partial charge on any atom is -0.508 e. The largest absolute Gasteiger partial charge is 0.508 e. The number of aromatic hydroxyl groups is 2. The number of carbonyl (C=O) groups is 2. The molecule has 2 aromatic carbocycles. The highest BCUT2D eigenvalue weighted by atomic mass is 32.2. The lowest BCUT2D eigenvalue weighted by molar-refractivity contribution is -0.123. The van der Waals surface area contributed by atoms with Gasteiger partial charge in [-0.05, 0) is 60.3 Å². The highest BCUT2D eigenvalue weighted by Crippen LogP contribution is 2.31. The number of thioether (sulfide) groups is 1. The van der Waals surface area contributed by atoms with E-state index in [0.717, 1.165) is 22.3 Å². The molecular weight excluding hydrogens is 360 g/mol. The Kier molecular flexibility index (Phi) is 4.73. The standard InChI is InChI=1S/C17H12N2O4S2/c20-12-5-1-10(2-6-12)9-14-16(23)19(17(24)25-14)18-15(22)11-3-7-13(21)8-4-11/h1-9,20-21H,(H,18,22)/b14-9-. The number of amides is 2. The van der Waals surface area contributed by atoms with Crippen LogP contribution in [0.3, 0.4) is 0 Å². The van der Waals surface area contributed by atoms with Crippen molar-refractivity contribution < 1.29 is 19.8 Å². The van der Waals surface area contributed by atoms with E-state index in [9.17, 15) is 19.8 Å². The second-order valence-corrected chi connectivity index (χ2v) is 6.77. The molecule has 3 rings (SSSR count). The van der Waals surface area contributed by atoms with Crippen molar-refractivity contribution in [1.29, 1.82) is 0 Å². The van der Waals surface area contributed by atoms with Gasteiger partial charge in [-0.3, -0.25) is 15.0 Å². The van der Waals surface area contributed by atoms with E-state index in [1.807, 2.05) is 0 Å². The molecule has 0 saturated carbocycles. The van der Waals surface area contributed by atoms with E-state index in [-0.39, 0.29) is 21.4 Å². The van der Waals surface area contributed by atoms with Crippen LogP contribution in [-0.4, -0.2) is 31.4 Å². The third-order valence-corrected chi connectivity index (χ3v) is 4.63. The van der Waals surface area contributed by atoms with Crippen LogP contribution >= 0.6 is 24.0 Å². The van der Waals surface area contributed by atoms with E-state index in [1.54, 1.807) is 18.2 Å². The van der Waals surface area contributed by atoms with Gasteiger partial charge in [0, 0.05) is 5.56 Å². The predicted octanol–water partition coefficient (Wildman–Crippen LogP) is 2.64. The SMILES string of the molecule is O=C(NN1C(=O)/C(=C/c2ccc(O)cc2)SC1=S)c1ccc(O)cc1. The average molecular weight is 372 g/mol. The molecule has 1 aliphatic heterocycles. The first-order valence-electron chi connectivity index (χ1n) is 7.11. The molecule has 1 fully saturated rings. The zero-order valence-electron chi connectivity index (χ0n) is 12.7. The lowest BCUT2D eigenvalue weighted by Crippen LogP contribution is -2.44. The summed E-state index contributed by atoms with van der Waals surface area (Å²) < 4.78 is 0.210. The van der Waals surface area contributed by atoms with Crippen LogP contribution in [0.15, 0.2) is 53.4 Å². The molecule has 6 nitrogen and oxygen atoms in total. The number of carbonyl (C=O) groups excluding carboxylic acids is 2. The number of thiocarbonyl (C=S) groups is 1. The first-order chi connectivity index (χ1) is 11.9. The minimum atomic E-state index is -0.512. The van der Waals surface area contributed by atoms with Crippen molar-refractivity contribution in [3.63, 3.8) is 0 Å². The third kappa shape index (κ3) is 3.81. The number of nitrogens with one attached hydrogen (secondary N) is 1. The summed E-state index contributed by atoms with van der Waals surface area (Å²) in [5, 5.41) is 19.6. The number of nitrogens with zero attached hydrogens (tertiary/aromatic N) is 1. The fourth-order valence-corrected chi connectivity index (χ4v) is 3.24. The second-order valence-electron chi connectivity index (χ2n) is 5.10. The van der Waals surface area contributed by atoms with Crippen LogP contribution in [0.4, 0.5) is 0 Å². The fraction of sp³-hybridized carbons (Fsp3) is 0. The Hall–Kier alpha value is -2.84. The number of hydrogen-bond donors (Lipinski definition) is 3. The van der Waals surface area contributed by atoms with Crippen molar-refractivity contribution in [3.8, 4) is 11.5 Å². The van der Waals surface area contributed by atoms with Crippen LogP contribution in [-0.2, 0) is 4.79 Å². The van der Waals surface area contributed by atoms with Crippen LogP contribution in [0, 0.1) is 0 Å². The maximum absolute atomic E-state index is 12.5. The van der Waals surface area contributed by atoms with E-state index in [4.69, 9.17) is 12.2 Å². The monoisotopic (exact) mass is 372 g/mol. The summed E-state index contributed by atoms with van der Waals surface area (Å²) in [6.45, 7) is 0. The van der Waals surface area contributed by atoms with Gasteiger partial charge in [0.1, 0.15) is 11.5 Å². The normalized spacial score (nSPS) is 15.7. The summed E-state index contributed by atoms with van der Waals surface area (Å²) in [5.74, 6) is -0.776. The number of rotatable bonds is 3. The van der Waals surface area contributed by atoms with Crippen LogP contribution in [0.2, 0.25) is 0 Å². The first-order valence-corrected chi connectivity index (χ1v) is 8.33. The molecule has 2 amide bonds. The number of hydrazine groups is 1. The summed E-state index contributed by atoms with van der Waals surface area (Å²) in [6.07, 6.45) is 1.63. The summed E-state index contributed by atoms with van der Waals surface area (Å²) in [4.78, 5) is 25.0. The molecule has 0 bridgehead atoms. The summed E-state index contributed by atoms with van der Waals surface area (Å²) >= 11 is 6.23. The Balaban J connectivity index is 1.76. The molecule has 0 aromatic heterocycles. The Morgan fingerprint density at radius 1 is 1.04 bits per heavy atom. The van der Waals surface area contributed by atoms with Crippen molar-refractivity contribution in [2.45, 2.75) is 0 Å². The van der Waals surface area contributed by atoms with Gasteiger partial charge in [0.15, 0.2) is 4.32 Å². The molecule has 3 N–H and O–H groups in total. The Morgan fingerprint density at radius 2 is 1.60 bits per heavy atom. The maximum Gasteiger partial charge on any atom is 0.285 e. The van der Waals surface area contributed by atoms with Crippen molar-refractivity contribution in [1.82, 2.24) is 10.4 Å². The molecule has 2 aromatic rings. The molecule has 8 heteroatoms. The fourth-order valence-electron chi connectivity index (χ4n) is 2.06. The smallest absolute Gasteiger partial charge is 0.285 e. The van der Waals surface area contributed by atoms with Gasteiger partial charge in [0.05, 0.1) is 4.91 Å². The lowest BCUT2D eigenvalue weighted by atomic mass is 10.2. The van der Waals surface area contributed by atoms with Crippen LogP contribution in [0.5, 0.6) is 11.5 Å². The number of hydrogen-bond acceptors (Lipinski definition) is 6. The van der Waals surface area contributed by atoms with Crippen molar-refractivity contribution in [2.24, 2.45) is 0 Å². The molecule has 0 aliphatic carbocycles. The number of benzene rings is 2. The molecule has 0 unspecified atom stereocenters. The third-order valence-electron chi connectivity index (χ3n) is 3.33. The quantitative estimate of drug-likeness (QED) is 0.567. The van der Waals surface area contributed by atoms with Crippen LogP contribution in [0.1, 0.15) is 15.9 Å². The zero-order valence-corrected chi connectivity index (χ0v) is 14.3. The summed E-state index contributed by atoms with van der Waals surface area (Å²) in [7, 11) is 0. The van der Waals surface area contributed by atoms with Gasteiger partial charge in [-0.15, -0.1) is 0 Å². The molecule has 126 valence electrons.